The van der Waals surface area contributed by atoms with Crippen LogP contribution in [0.5, 0.6) is 11.5 Å². The Kier molecular flexibility index (Phi) is 8.87. The molecule has 0 fully saturated rings. The number of esters is 1. The summed E-state index contributed by atoms with van der Waals surface area (Å²) in [5.41, 5.74) is 0.995. The van der Waals surface area contributed by atoms with Crippen LogP contribution in [0.15, 0.2) is 48.5 Å². The van der Waals surface area contributed by atoms with Crippen LogP contribution in [-0.2, 0) is 14.3 Å². The van der Waals surface area contributed by atoms with Gasteiger partial charge in [-0.2, -0.15) is 0 Å². The maximum absolute atomic E-state index is 12.2. The van der Waals surface area contributed by atoms with Gasteiger partial charge in [-0.15, -0.1) is 0 Å². The van der Waals surface area contributed by atoms with Crippen LogP contribution < -0.4 is 14.8 Å². The maximum atomic E-state index is 12.2. The van der Waals surface area contributed by atoms with Gasteiger partial charge in [-0.25, -0.2) is 4.79 Å². The summed E-state index contributed by atoms with van der Waals surface area (Å²) in [5, 5.41) is 2.77. The van der Waals surface area contributed by atoms with Gasteiger partial charge in [0, 0.05) is 17.7 Å². The molecule has 0 saturated carbocycles. The van der Waals surface area contributed by atoms with Crippen LogP contribution >= 0.6 is 0 Å². The number of nitrogens with one attached hydrogen (secondary N) is 1. The quantitative estimate of drug-likeness (QED) is 0.444. The highest BCUT2D eigenvalue weighted by Crippen LogP contribution is 2.17. The summed E-state index contributed by atoms with van der Waals surface area (Å²) in [6.45, 7) is 5.70. The Bertz CT molecular complexity index is 843. The van der Waals surface area contributed by atoms with Gasteiger partial charge in [0.05, 0.1) is 6.61 Å². The van der Waals surface area contributed by atoms with Crippen LogP contribution in [0.3, 0.4) is 0 Å². The first-order valence-electron chi connectivity index (χ1n) is 9.81. The third-order valence-corrected chi connectivity index (χ3v) is 3.94. The second-order valence-electron chi connectivity index (χ2n) is 7.00. The van der Waals surface area contributed by atoms with Gasteiger partial charge in [-0.3, -0.25) is 9.59 Å². The first kappa shape index (κ1) is 22.9. The van der Waals surface area contributed by atoms with E-state index in [1.54, 1.807) is 48.5 Å². The molecule has 2 aromatic carbocycles. The van der Waals surface area contributed by atoms with Crippen LogP contribution in [0, 0.1) is 5.92 Å². The normalized spacial score (nSPS) is 10.4. The molecule has 0 aliphatic rings. The number of hydrogen-bond acceptors (Lipinski definition) is 6. The Morgan fingerprint density at radius 3 is 2.03 bits per heavy atom. The molecule has 0 aliphatic heterocycles. The van der Waals surface area contributed by atoms with E-state index in [0.29, 0.717) is 35.8 Å². The average molecular weight is 413 g/mol. The van der Waals surface area contributed by atoms with Crippen LogP contribution in [0.4, 0.5) is 5.69 Å². The first-order valence-corrected chi connectivity index (χ1v) is 9.81. The lowest BCUT2D eigenvalue weighted by atomic mass is 10.1. The van der Waals surface area contributed by atoms with Gasteiger partial charge in [0.1, 0.15) is 11.5 Å². The molecule has 7 heteroatoms. The molecule has 160 valence electrons. The van der Waals surface area contributed by atoms with Crippen molar-refractivity contribution in [2.24, 2.45) is 5.92 Å². The van der Waals surface area contributed by atoms with Crippen LogP contribution in [0.25, 0.3) is 0 Å². The zero-order chi connectivity index (χ0) is 21.9. The second-order valence-corrected chi connectivity index (χ2v) is 7.00. The summed E-state index contributed by atoms with van der Waals surface area (Å²) in [6.07, 6.45) is 0.426. The molecule has 2 rings (SSSR count). The Morgan fingerprint density at radius 1 is 0.867 bits per heavy atom. The van der Waals surface area contributed by atoms with Crippen molar-refractivity contribution in [2.45, 2.75) is 27.2 Å². The first-order chi connectivity index (χ1) is 14.4. The summed E-state index contributed by atoms with van der Waals surface area (Å²) in [6, 6.07) is 13.3. The number of Topliss-reactive ketones (excluding diaryl/α,β-unsaturated/α-hetero) is 1. The number of amides is 1. The molecule has 0 aromatic heterocycles. The maximum Gasteiger partial charge on any atom is 0.344 e. The minimum atomic E-state index is -0.644. The zero-order valence-corrected chi connectivity index (χ0v) is 17.5. The van der Waals surface area contributed by atoms with Crippen molar-refractivity contribution in [3.63, 3.8) is 0 Å². The minimum absolute atomic E-state index is 0.0782. The number of carbonyl (C=O) groups excluding carboxylic acids is 3. The average Bonchev–Trinajstić information content (AvgIpc) is 2.71. The number of ketones is 1. The van der Waals surface area contributed by atoms with Gasteiger partial charge in [0.2, 0.25) is 5.91 Å². The molecule has 1 amide bonds. The standard InChI is InChI=1S/C23H27NO6/c1-4-28-19-9-11-20(12-10-19)29-15-23(27)30-14-21(25)17-5-7-18(8-6-17)24-22(26)13-16(2)3/h5-12,16H,4,13-15H2,1-3H3,(H,24,26). The Balaban J connectivity index is 1.75. The van der Waals surface area contributed by atoms with Gasteiger partial charge in [0.15, 0.2) is 19.0 Å². The molecule has 0 heterocycles. The van der Waals surface area contributed by atoms with E-state index in [1.165, 1.54) is 0 Å². The lowest BCUT2D eigenvalue weighted by Crippen LogP contribution is -2.19. The predicted molar refractivity (Wildman–Crippen MR) is 113 cm³/mol. The van der Waals surface area contributed by atoms with Crippen molar-refractivity contribution in [1.29, 1.82) is 0 Å². The molecule has 0 bridgehead atoms. The topological polar surface area (TPSA) is 90.9 Å². The molecule has 0 saturated heterocycles. The molecule has 0 radical (unpaired) electrons. The fourth-order valence-electron chi connectivity index (χ4n) is 2.53. The molecule has 0 spiro atoms. The predicted octanol–water partition coefficient (Wildman–Crippen LogP) is 3.87. The minimum Gasteiger partial charge on any atom is -0.494 e. The number of carbonyl (C=O) groups is 3. The zero-order valence-electron chi connectivity index (χ0n) is 17.5. The number of anilines is 1. The molecule has 30 heavy (non-hydrogen) atoms. The Labute approximate surface area is 176 Å². The van der Waals surface area contributed by atoms with E-state index in [9.17, 15) is 14.4 Å². The molecular weight excluding hydrogens is 386 g/mol. The van der Waals surface area contributed by atoms with Crippen molar-refractivity contribution in [1.82, 2.24) is 0 Å². The number of hydrogen-bond donors (Lipinski definition) is 1. The number of benzene rings is 2. The van der Waals surface area contributed by atoms with E-state index in [2.05, 4.69) is 5.32 Å². The highest BCUT2D eigenvalue weighted by Gasteiger charge is 2.12. The lowest BCUT2D eigenvalue weighted by molar-refractivity contribution is -0.144. The highest BCUT2D eigenvalue weighted by molar-refractivity contribution is 5.98. The number of rotatable bonds is 11. The fraction of sp³-hybridized carbons (Fsp3) is 0.348. The summed E-state index contributed by atoms with van der Waals surface area (Å²) < 4.78 is 15.6. The van der Waals surface area contributed by atoms with E-state index in [-0.39, 0.29) is 30.8 Å². The van der Waals surface area contributed by atoms with Gasteiger partial charge in [0.25, 0.3) is 0 Å². The van der Waals surface area contributed by atoms with Gasteiger partial charge >= 0.3 is 5.97 Å². The molecule has 1 N–H and O–H groups in total. The molecule has 0 atom stereocenters. The van der Waals surface area contributed by atoms with E-state index >= 15 is 0 Å². The van der Waals surface area contributed by atoms with Gasteiger partial charge in [-0.05, 0) is 61.4 Å². The molecular formula is C23H27NO6. The fourth-order valence-corrected chi connectivity index (χ4v) is 2.53. The largest absolute Gasteiger partial charge is 0.494 e. The Morgan fingerprint density at radius 2 is 1.47 bits per heavy atom. The van der Waals surface area contributed by atoms with Crippen LogP contribution in [0.1, 0.15) is 37.6 Å². The van der Waals surface area contributed by atoms with Crippen molar-refractivity contribution in [3.8, 4) is 11.5 Å². The van der Waals surface area contributed by atoms with Crippen molar-refractivity contribution in [3.05, 3.63) is 54.1 Å². The van der Waals surface area contributed by atoms with E-state index in [4.69, 9.17) is 14.2 Å². The molecule has 2 aromatic rings. The summed E-state index contributed by atoms with van der Waals surface area (Å²) in [5.74, 6) is 0.407. The molecule has 7 nitrogen and oxygen atoms in total. The SMILES string of the molecule is CCOc1ccc(OCC(=O)OCC(=O)c2ccc(NC(=O)CC(C)C)cc2)cc1. The number of ether oxygens (including phenoxy) is 3. The van der Waals surface area contributed by atoms with E-state index in [0.717, 1.165) is 0 Å². The smallest absolute Gasteiger partial charge is 0.344 e. The van der Waals surface area contributed by atoms with E-state index < -0.39 is 5.97 Å². The van der Waals surface area contributed by atoms with Crippen molar-refractivity contribution in [2.75, 3.05) is 25.1 Å². The van der Waals surface area contributed by atoms with Crippen LogP contribution in [-0.4, -0.2) is 37.5 Å². The Hall–Kier alpha value is -3.35. The van der Waals surface area contributed by atoms with Crippen molar-refractivity contribution < 1.29 is 28.6 Å². The summed E-state index contributed by atoms with van der Waals surface area (Å²) in [7, 11) is 0. The van der Waals surface area contributed by atoms with E-state index in [1.807, 2.05) is 20.8 Å². The third kappa shape index (κ3) is 7.95. The highest BCUT2D eigenvalue weighted by atomic mass is 16.6. The summed E-state index contributed by atoms with van der Waals surface area (Å²) >= 11 is 0. The molecule has 0 aliphatic carbocycles. The van der Waals surface area contributed by atoms with Gasteiger partial charge in [-0.1, -0.05) is 13.8 Å². The van der Waals surface area contributed by atoms with Crippen LogP contribution in [0.2, 0.25) is 0 Å². The van der Waals surface area contributed by atoms with Gasteiger partial charge < -0.3 is 19.5 Å². The second kappa shape index (κ2) is 11.6. The summed E-state index contributed by atoms with van der Waals surface area (Å²) in [4.78, 5) is 35.8. The third-order valence-electron chi connectivity index (χ3n) is 3.94. The monoisotopic (exact) mass is 413 g/mol. The molecule has 0 unspecified atom stereocenters. The van der Waals surface area contributed by atoms with Crippen molar-refractivity contribution >= 4 is 23.3 Å². The lowest BCUT2D eigenvalue weighted by Gasteiger charge is -2.09.